The Morgan fingerprint density at radius 1 is 0.583 bits per heavy atom. The number of unbranched alkanes of at least 4 members (excludes halogenated alkanes) is 6. The van der Waals surface area contributed by atoms with Gasteiger partial charge in [0, 0.05) is 136 Å². The van der Waals surface area contributed by atoms with Crippen LogP contribution in [0.15, 0.2) is 41.4 Å². The number of nitrogens with two attached hydrogens (primary N) is 1. The Kier molecular flexibility index (Phi) is 36.1. The molecule has 0 radical (unpaired) electrons. The van der Waals surface area contributed by atoms with Gasteiger partial charge in [-0.15, -0.1) is 0 Å². The minimum atomic E-state index is -1.86. The van der Waals surface area contributed by atoms with E-state index in [-0.39, 0.29) is 146 Å². The van der Waals surface area contributed by atoms with E-state index in [1.807, 2.05) is 0 Å². The van der Waals surface area contributed by atoms with Crippen molar-refractivity contribution in [1.82, 2.24) is 61.3 Å². The topological polar surface area (TPSA) is 459 Å². The highest BCUT2D eigenvalue weighted by Crippen LogP contribution is 2.25. The highest BCUT2D eigenvalue weighted by atomic mass is 16.4. The quantitative estimate of drug-likeness (QED) is 0.0151. The highest BCUT2D eigenvalue weighted by molar-refractivity contribution is 6.43. The zero-order valence-electron chi connectivity index (χ0n) is 55.6. The lowest BCUT2D eigenvalue weighted by atomic mass is 9.77. The summed E-state index contributed by atoms with van der Waals surface area (Å²) in [5.41, 5.74) is 6.49. The summed E-state index contributed by atoms with van der Waals surface area (Å²) in [7, 11) is 1.66. The molecule has 5 atom stereocenters. The van der Waals surface area contributed by atoms with Crippen molar-refractivity contribution in [2.45, 2.75) is 140 Å². The maximum absolute atomic E-state index is 13.5. The Bertz CT molecular complexity index is 2890. The van der Waals surface area contributed by atoms with E-state index in [1.165, 1.54) is 19.1 Å². The third-order valence-electron chi connectivity index (χ3n) is 16.7. The van der Waals surface area contributed by atoms with E-state index in [9.17, 15) is 88.3 Å². The average Bonchev–Trinajstić information content (AvgIpc) is 0.826. The first-order valence-corrected chi connectivity index (χ1v) is 33.1. The maximum atomic E-state index is 13.5. The van der Waals surface area contributed by atoms with Gasteiger partial charge >= 0.3 is 31.0 Å². The number of aliphatic imine (C=N–C) groups is 1. The lowest BCUT2D eigenvalue weighted by molar-refractivity contribution is -0.145. The lowest BCUT2D eigenvalue weighted by Crippen LogP contribution is -2.52. The number of fused-ring (bicyclic) bond motifs is 1. The van der Waals surface area contributed by atoms with E-state index in [2.05, 4.69) is 36.9 Å². The van der Waals surface area contributed by atoms with Crippen molar-refractivity contribution in [3.05, 3.63) is 47.5 Å². The molecule has 32 nitrogen and oxygen atoms in total. The molecule has 33 heteroatoms. The number of aliphatic carboxylic acids is 4. The summed E-state index contributed by atoms with van der Waals surface area (Å²) in [6.07, 6.45) is 5.40. The van der Waals surface area contributed by atoms with Gasteiger partial charge in [0.05, 0.1) is 31.7 Å². The van der Waals surface area contributed by atoms with Crippen molar-refractivity contribution in [2.24, 2.45) is 10.7 Å². The number of guanidine groups is 1. The molecule has 96 heavy (non-hydrogen) atoms. The minimum absolute atomic E-state index is 0.0135. The summed E-state index contributed by atoms with van der Waals surface area (Å²) in [6, 6.07) is 6.85. The standard InChI is InChI=1S/C63H101BN14O18/c1-43(61(92)78-39-44(79)38-51(78)64(95)96)71-59(90)48-22-21-47(45-16-9-10-17-46(45)48)58(89)68-27-13-6-14-28-69-60(91)49(18-15-29-70-63(65)73(2)3)72-54(82)20-8-4-7-19-52(80)66-25-11-5-12-26-67-53(81)24-23-50(62(93)94)77-36-34-75(41-56(85)86)32-30-74(40-55(83)84)31-33-76(35-37-77)42-57(87)88/h9-10,16-17,21-22,43-44,49-51,79,95-96H,4-8,11-15,18-20,23-42H2,1-3H3,(H2,65,70)(H,66,80)(H,67,81)(H,68,89)(H,69,91)(H,71,90)(H,72,82)(H,83,84)(H,85,86)(H,87,88)(H,93,94)/t43-,44+,49+,50-,51+/m1/s1. The second kappa shape index (κ2) is 43.2. The molecule has 2 aromatic rings. The monoisotopic (exact) mass is 1350 g/mol. The van der Waals surface area contributed by atoms with Gasteiger partial charge in [-0.05, 0) is 107 Å². The molecule has 0 spiro atoms. The molecule has 0 aromatic heterocycles. The van der Waals surface area contributed by atoms with Crippen LogP contribution in [0.3, 0.4) is 0 Å². The van der Waals surface area contributed by atoms with Gasteiger partial charge in [0.2, 0.25) is 29.5 Å². The van der Waals surface area contributed by atoms with Crippen LogP contribution < -0.4 is 37.6 Å². The first-order valence-electron chi connectivity index (χ1n) is 33.1. The molecule has 2 saturated heterocycles. The number of carbonyl (C=O) groups is 11. The van der Waals surface area contributed by atoms with Crippen molar-refractivity contribution in [3.63, 3.8) is 0 Å². The van der Waals surface area contributed by atoms with Gasteiger partial charge in [-0.25, -0.2) is 0 Å². The van der Waals surface area contributed by atoms with Crippen LogP contribution in [0.25, 0.3) is 10.8 Å². The molecule has 2 fully saturated rings. The van der Waals surface area contributed by atoms with Crippen molar-refractivity contribution < 1.29 is 88.3 Å². The lowest BCUT2D eigenvalue weighted by Gasteiger charge is -2.35. The molecular formula is C63H101BN14O18. The molecule has 4 rings (SSSR count). The van der Waals surface area contributed by atoms with Crippen LogP contribution in [0, 0.1) is 0 Å². The van der Waals surface area contributed by atoms with E-state index in [4.69, 9.17) is 5.73 Å². The van der Waals surface area contributed by atoms with Crippen LogP contribution in [0.2, 0.25) is 0 Å². The summed E-state index contributed by atoms with van der Waals surface area (Å²) >= 11 is 0. The molecule has 0 saturated carbocycles. The Hall–Kier alpha value is -8.08. The van der Waals surface area contributed by atoms with Crippen molar-refractivity contribution in [3.8, 4) is 0 Å². The summed E-state index contributed by atoms with van der Waals surface area (Å²) in [4.78, 5) is 153. The van der Waals surface area contributed by atoms with Crippen LogP contribution in [-0.4, -0.2) is 299 Å². The van der Waals surface area contributed by atoms with Gasteiger partial charge in [-0.1, -0.05) is 30.7 Å². The molecular weight excluding hydrogens is 1250 g/mol. The van der Waals surface area contributed by atoms with Crippen LogP contribution in [0.5, 0.6) is 0 Å². The summed E-state index contributed by atoms with van der Waals surface area (Å²) < 4.78 is 0. The SMILES string of the molecule is C[C@@H](NC(=O)c1ccc(C(=O)NCCCCCNC(=O)[C@H](CCCN=C(N)N(C)C)NC(=O)CCCCCC(=O)NCCCCCNC(=O)CC[C@H](C(=O)O)N2CCN(CC(=O)O)CCN(CC(=O)O)CCN(CC(=O)O)CC2)c2ccccc12)C(=O)N1C[C@@H](O)C[C@H]1B(O)O. The number of nitrogens with zero attached hydrogens (tertiary/aromatic N) is 7. The number of hydrogen-bond acceptors (Lipinski definition) is 19. The van der Waals surface area contributed by atoms with Crippen LogP contribution in [-0.2, 0) is 43.2 Å². The van der Waals surface area contributed by atoms with E-state index in [1.54, 1.807) is 62.9 Å². The molecule has 2 aliphatic rings. The molecule has 7 amide bonds. The number of nitrogens with one attached hydrogen (secondary N) is 6. The van der Waals surface area contributed by atoms with Crippen molar-refractivity contribution in [1.29, 1.82) is 0 Å². The van der Waals surface area contributed by atoms with E-state index >= 15 is 0 Å². The van der Waals surface area contributed by atoms with Gasteiger partial charge in [0.15, 0.2) is 5.96 Å². The number of aliphatic hydroxyl groups is 1. The zero-order valence-corrected chi connectivity index (χ0v) is 55.6. The van der Waals surface area contributed by atoms with Crippen LogP contribution in [0.1, 0.15) is 130 Å². The largest absolute Gasteiger partial charge is 0.480 e. The second-order valence-electron chi connectivity index (χ2n) is 24.5. The molecule has 15 N–H and O–H groups in total. The molecule has 0 aliphatic carbocycles. The number of carboxylic acids is 4. The number of rotatable bonds is 40. The average molecular weight is 1350 g/mol. The molecule has 0 bridgehead atoms. The summed E-state index contributed by atoms with van der Waals surface area (Å²) in [6.45, 7) is 3.19. The fourth-order valence-electron chi connectivity index (χ4n) is 11.3. The second-order valence-corrected chi connectivity index (χ2v) is 24.5. The number of benzene rings is 2. The van der Waals surface area contributed by atoms with Crippen molar-refractivity contribution >= 4 is 89.1 Å². The number of carbonyl (C=O) groups excluding carboxylic acids is 7. The van der Waals surface area contributed by atoms with E-state index < -0.39 is 73.0 Å². The predicted molar refractivity (Wildman–Crippen MR) is 355 cm³/mol. The van der Waals surface area contributed by atoms with E-state index in [0.29, 0.717) is 126 Å². The Labute approximate surface area is 560 Å². The Morgan fingerprint density at radius 2 is 1.05 bits per heavy atom. The van der Waals surface area contributed by atoms with Crippen LogP contribution in [0.4, 0.5) is 0 Å². The molecule has 2 heterocycles. The van der Waals surface area contributed by atoms with Gasteiger partial charge in [0.1, 0.15) is 18.1 Å². The Balaban J connectivity index is 1.12. The fourth-order valence-corrected chi connectivity index (χ4v) is 11.3. The zero-order chi connectivity index (χ0) is 70.7. The molecule has 2 aromatic carbocycles. The molecule has 534 valence electrons. The first kappa shape index (κ1) is 80.4. The smallest absolute Gasteiger partial charge is 0.475 e. The maximum Gasteiger partial charge on any atom is 0.475 e. The number of likely N-dealkylation sites (tertiary alicyclic amines) is 1. The molecule has 2 aliphatic heterocycles. The molecule has 0 unspecified atom stereocenters. The van der Waals surface area contributed by atoms with Crippen LogP contribution >= 0.6 is 0 Å². The highest BCUT2D eigenvalue weighted by Gasteiger charge is 2.43. The van der Waals surface area contributed by atoms with Gasteiger partial charge < -0.3 is 83.0 Å². The van der Waals surface area contributed by atoms with Crippen molar-refractivity contribution in [2.75, 3.05) is 125 Å². The number of β-amino-alcohol motifs (C(OH)–C–C–N with tert-alkyl or cyclic N) is 1. The number of aliphatic hydroxyl groups excluding tert-OH is 1. The van der Waals surface area contributed by atoms with Gasteiger partial charge in [0.25, 0.3) is 11.8 Å². The fraction of sp³-hybridized carbons (Fsp3) is 0.651. The number of carboxylic acid groups (broad SMARTS) is 4. The van der Waals surface area contributed by atoms with Gasteiger partial charge in [-0.3, -0.25) is 77.3 Å². The summed E-state index contributed by atoms with van der Waals surface area (Å²) in [5.74, 6) is -7.89. The van der Waals surface area contributed by atoms with E-state index in [0.717, 1.165) is 4.90 Å². The number of amides is 7. The Morgan fingerprint density at radius 3 is 1.55 bits per heavy atom. The summed E-state index contributed by atoms with van der Waals surface area (Å²) in [5, 5.41) is 86.3. The third-order valence-corrected chi connectivity index (χ3v) is 16.7. The minimum Gasteiger partial charge on any atom is -0.480 e. The third kappa shape index (κ3) is 29.9. The first-order chi connectivity index (χ1) is 45.7. The normalized spacial score (nSPS) is 17.2. The predicted octanol–water partition coefficient (Wildman–Crippen LogP) is -1.85. The number of hydrogen-bond donors (Lipinski definition) is 14. The van der Waals surface area contributed by atoms with Gasteiger partial charge in [-0.2, -0.15) is 0 Å².